The molecule has 0 bridgehead atoms. The fourth-order valence-corrected chi connectivity index (χ4v) is 3.00. The number of hydrogen-bond acceptors (Lipinski definition) is 5. The fraction of sp³-hybridized carbons (Fsp3) is 0.688. The Balaban J connectivity index is 1.97. The first-order chi connectivity index (χ1) is 11.6. The molecule has 2 aromatic rings. The van der Waals surface area contributed by atoms with Crippen LogP contribution in [0.25, 0.3) is 11.0 Å². The Bertz CT molecular complexity index is 763. The minimum Gasteiger partial charge on any atom is -0.478 e. The molecule has 2 heterocycles. The van der Waals surface area contributed by atoms with Crippen LogP contribution in [0.3, 0.4) is 0 Å². The summed E-state index contributed by atoms with van der Waals surface area (Å²) in [5, 5.41) is 17.6. The summed E-state index contributed by atoms with van der Waals surface area (Å²) in [6.07, 6.45) is -3.28. The van der Waals surface area contributed by atoms with Crippen LogP contribution in [-0.2, 0) is 6.18 Å². The summed E-state index contributed by atoms with van der Waals surface area (Å²) >= 11 is 0. The molecule has 6 nitrogen and oxygen atoms in total. The van der Waals surface area contributed by atoms with Crippen LogP contribution in [0.15, 0.2) is 6.07 Å². The Morgan fingerprint density at radius 2 is 2.08 bits per heavy atom. The summed E-state index contributed by atoms with van der Waals surface area (Å²) in [7, 11) is 0. The molecule has 0 amide bonds. The van der Waals surface area contributed by atoms with Crippen molar-refractivity contribution in [2.24, 2.45) is 5.92 Å². The van der Waals surface area contributed by atoms with Crippen molar-refractivity contribution < 1.29 is 23.0 Å². The van der Waals surface area contributed by atoms with E-state index in [0.29, 0.717) is 25.2 Å². The molecule has 1 aliphatic rings. The zero-order chi connectivity index (χ0) is 18.4. The number of alkyl halides is 3. The lowest BCUT2D eigenvalue weighted by Crippen LogP contribution is -2.42. The van der Waals surface area contributed by atoms with E-state index in [1.54, 1.807) is 6.92 Å². The number of nitrogens with zero attached hydrogens (tertiary/aromatic N) is 4. The van der Waals surface area contributed by atoms with Gasteiger partial charge in [0.2, 0.25) is 5.88 Å². The van der Waals surface area contributed by atoms with Crippen molar-refractivity contribution in [3.8, 4) is 5.88 Å². The second-order valence-electron chi connectivity index (χ2n) is 7.30. The summed E-state index contributed by atoms with van der Waals surface area (Å²) in [6, 6.07) is 1.06. The maximum absolute atomic E-state index is 13.5. The molecule has 1 fully saturated rings. The van der Waals surface area contributed by atoms with E-state index < -0.39 is 17.5 Å². The van der Waals surface area contributed by atoms with Crippen molar-refractivity contribution in [3.63, 3.8) is 0 Å². The summed E-state index contributed by atoms with van der Waals surface area (Å²) in [5.41, 5.74) is -2.01. The van der Waals surface area contributed by atoms with E-state index >= 15 is 0 Å². The van der Waals surface area contributed by atoms with Gasteiger partial charge in [-0.15, -0.1) is 5.10 Å². The maximum atomic E-state index is 13.5. The average Bonchev–Trinajstić information content (AvgIpc) is 2.85. The molecule has 138 valence electrons. The highest BCUT2D eigenvalue weighted by Crippen LogP contribution is 2.43. The molecule has 25 heavy (non-hydrogen) atoms. The molecule has 0 atom stereocenters. The molecule has 0 radical (unpaired) electrons. The van der Waals surface area contributed by atoms with Crippen LogP contribution in [0.1, 0.15) is 51.8 Å². The summed E-state index contributed by atoms with van der Waals surface area (Å²) in [5.74, 6) is 0.270. The van der Waals surface area contributed by atoms with Crippen LogP contribution in [0.2, 0.25) is 0 Å². The highest BCUT2D eigenvalue weighted by molar-refractivity contribution is 5.78. The lowest BCUT2D eigenvalue weighted by Gasteiger charge is -2.40. The Morgan fingerprint density at radius 3 is 2.64 bits per heavy atom. The van der Waals surface area contributed by atoms with Crippen molar-refractivity contribution in [1.29, 1.82) is 0 Å². The SMILES string of the molecule is CC(C)CCOc1cc2nnn(C3CC(C)(O)C3)c2c(C(F)(F)F)n1. The number of hydrogen-bond donors (Lipinski definition) is 1. The Hall–Kier alpha value is -1.90. The number of aliphatic hydroxyl groups is 1. The topological polar surface area (TPSA) is 73.1 Å². The number of halogens is 3. The molecule has 9 heteroatoms. The van der Waals surface area contributed by atoms with E-state index in [-0.39, 0.29) is 29.6 Å². The van der Waals surface area contributed by atoms with Crippen molar-refractivity contribution in [2.75, 3.05) is 6.61 Å². The Morgan fingerprint density at radius 1 is 1.40 bits per heavy atom. The predicted molar refractivity (Wildman–Crippen MR) is 84.2 cm³/mol. The van der Waals surface area contributed by atoms with Gasteiger partial charge in [-0.1, -0.05) is 19.1 Å². The molecular weight excluding hydrogens is 337 g/mol. The van der Waals surface area contributed by atoms with Gasteiger partial charge in [0.1, 0.15) is 11.0 Å². The normalized spacial score (nSPS) is 23.9. The van der Waals surface area contributed by atoms with Gasteiger partial charge in [0.05, 0.1) is 18.2 Å². The Labute approximate surface area is 143 Å². The van der Waals surface area contributed by atoms with Gasteiger partial charge in [-0.3, -0.25) is 0 Å². The maximum Gasteiger partial charge on any atom is 0.435 e. The molecule has 1 N–H and O–H groups in total. The first-order valence-electron chi connectivity index (χ1n) is 8.25. The zero-order valence-electron chi connectivity index (χ0n) is 14.3. The summed E-state index contributed by atoms with van der Waals surface area (Å²) in [6.45, 7) is 5.93. The third-order valence-corrected chi connectivity index (χ3v) is 4.34. The second-order valence-corrected chi connectivity index (χ2v) is 7.30. The third-order valence-electron chi connectivity index (χ3n) is 4.34. The van der Waals surface area contributed by atoms with Crippen LogP contribution in [0, 0.1) is 5.92 Å². The van der Waals surface area contributed by atoms with Gasteiger partial charge >= 0.3 is 6.18 Å². The summed E-state index contributed by atoms with van der Waals surface area (Å²) in [4.78, 5) is 3.67. The van der Waals surface area contributed by atoms with Crippen molar-refractivity contribution in [1.82, 2.24) is 20.0 Å². The highest BCUT2D eigenvalue weighted by atomic mass is 19.4. The second kappa shape index (κ2) is 6.12. The number of aromatic nitrogens is 4. The van der Waals surface area contributed by atoms with E-state index in [0.717, 1.165) is 0 Å². The smallest absolute Gasteiger partial charge is 0.435 e. The molecule has 1 aliphatic carbocycles. The monoisotopic (exact) mass is 358 g/mol. The van der Waals surface area contributed by atoms with Crippen LogP contribution < -0.4 is 4.74 Å². The molecule has 0 unspecified atom stereocenters. The first-order valence-corrected chi connectivity index (χ1v) is 8.25. The first kappa shape index (κ1) is 17.9. The van der Waals surface area contributed by atoms with E-state index in [9.17, 15) is 18.3 Å². The molecule has 0 aliphatic heterocycles. The van der Waals surface area contributed by atoms with E-state index in [1.165, 1.54) is 10.7 Å². The third kappa shape index (κ3) is 3.70. The minimum atomic E-state index is -4.65. The van der Waals surface area contributed by atoms with Gasteiger partial charge in [-0.25, -0.2) is 9.67 Å². The van der Waals surface area contributed by atoms with E-state index in [2.05, 4.69) is 15.3 Å². The van der Waals surface area contributed by atoms with Crippen LogP contribution >= 0.6 is 0 Å². The van der Waals surface area contributed by atoms with Gasteiger partial charge in [0.25, 0.3) is 0 Å². The van der Waals surface area contributed by atoms with Crippen LogP contribution in [-0.4, -0.2) is 37.3 Å². The molecule has 3 rings (SSSR count). The van der Waals surface area contributed by atoms with Gasteiger partial charge < -0.3 is 9.84 Å². The zero-order valence-corrected chi connectivity index (χ0v) is 14.3. The molecule has 0 saturated heterocycles. The fourth-order valence-electron chi connectivity index (χ4n) is 3.00. The molecule has 0 aromatic carbocycles. The van der Waals surface area contributed by atoms with Gasteiger partial charge in [0, 0.05) is 6.07 Å². The van der Waals surface area contributed by atoms with Crippen LogP contribution in [0.4, 0.5) is 13.2 Å². The molecule has 1 saturated carbocycles. The standard InChI is InChI=1S/C16H21F3N4O2/c1-9(2)4-5-25-12-6-11-13(14(20-12)16(17,18)19)23(22-21-11)10-7-15(3,24)8-10/h6,9-10,24H,4-5,7-8H2,1-3H3. The lowest BCUT2D eigenvalue weighted by atomic mass is 9.77. The Kier molecular flexibility index (Phi) is 4.38. The number of fused-ring (bicyclic) bond motifs is 1. The van der Waals surface area contributed by atoms with Gasteiger partial charge in [-0.05, 0) is 32.1 Å². The van der Waals surface area contributed by atoms with Crippen molar-refractivity contribution in [2.45, 2.75) is 57.9 Å². The average molecular weight is 358 g/mol. The molecule has 2 aromatic heterocycles. The van der Waals surface area contributed by atoms with Crippen molar-refractivity contribution in [3.05, 3.63) is 11.8 Å². The predicted octanol–water partition coefficient (Wildman–Crippen LogP) is 3.36. The minimum absolute atomic E-state index is 0.0911. The number of ether oxygens (including phenoxy) is 1. The highest BCUT2D eigenvalue weighted by Gasteiger charge is 2.43. The molecule has 0 spiro atoms. The van der Waals surface area contributed by atoms with E-state index in [4.69, 9.17) is 4.74 Å². The van der Waals surface area contributed by atoms with Gasteiger partial charge in [-0.2, -0.15) is 13.2 Å². The quantitative estimate of drug-likeness (QED) is 0.887. The lowest BCUT2D eigenvalue weighted by molar-refractivity contribution is -0.140. The van der Waals surface area contributed by atoms with Gasteiger partial charge in [0.15, 0.2) is 5.69 Å². The number of rotatable bonds is 5. The van der Waals surface area contributed by atoms with Crippen LogP contribution in [0.5, 0.6) is 5.88 Å². The van der Waals surface area contributed by atoms with E-state index in [1.807, 2.05) is 13.8 Å². The largest absolute Gasteiger partial charge is 0.478 e. The summed E-state index contributed by atoms with van der Waals surface area (Å²) < 4.78 is 47.1. The number of pyridine rings is 1. The van der Waals surface area contributed by atoms with Crippen molar-refractivity contribution >= 4 is 11.0 Å². The molecular formula is C16H21F3N4O2.